The lowest BCUT2D eigenvalue weighted by atomic mass is 10.1. The standard InChI is InChI=1S/C9H11N5O2/c1-3(2)5(15)7-11-4-6(12-7)13-9(10)14-8(4)16/h3H,1-2H3,(H4,10,11,12,13,14,16). The van der Waals surface area contributed by atoms with E-state index < -0.39 is 5.56 Å². The molecule has 0 aromatic carbocycles. The fourth-order valence-corrected chi connectivity index (χ4v) is 1.31. The van der Waals surface area contributed by atoms with Gasteiger partial charge in [0.25, 0.3) is 5.56 Å². The van der Waals surface area contributed by atoms with Gasteiger partial charge in [-0.1, -0.05) is 13.8 Å². The summed E-state index contributed by atoms with van der Waals surface area (Å²) in [6, 6.07) is 0. The molecule has 0 unspecified atom stereocenters. The van der Waals surface area contributed by atoms with E-state index >= 15 is 0 Å². The average Bonchev–Trinajstić information content (AvgIpc) is 2.60. The predicted octanol–water partition coefficient (Wildman–Crippen LogP) is 0.0671. The number of imidazole rings is 1. The highest BCUT2D eigenvalue weighted by Gasteiger charge is 2.17. The zero-order valence-corrected chi connectivity index (χ0v) is 8.87. The summed E-state index contributed by atoms with van der Waals surface area (Å²) in [5, 5.41) is 0. The van der Waals surface area contributed by atoms with Crippen LogP contribution < -0.4 is 11.3 Å². The minimum atomic E-state index is -0.433. The molecule has 0 saturated heterocycles. The van der Waals surface area contributed by atoms with Crippen LogP contribution in [0.3, 0.4) is 0 Å². The molecule has 84 valence electrons. The molecule has 2 aromatic rings. The molecule has 2 aromatic heterocycles. The van der Waals surface area contributed by atoms with Crippen LogP contribution in [0.25, 0.3) is 11.2 Å². The summed E-state index contributed by atoms with van der Waals surface area (Å²) in [5.41, 5.74) is 5.25. The first-order valence-electron chi connectivity index (χ1n) is 4.78. The molecule has 4 N–H and O–H groups in total. The maximum absolute atomic E-state index is 11.6. The van der Waals surface area contributed by atoms with Crippen molar-refractivity contribution >= 4 is 22.9 Å². The zero-order chi connectivity index (χ0) is 11.9. The molecule has 0 spiro atoms. The molecular formula is C9H11N5O2. The third-order valence-corrected chi connectivity index (χ3v) is 2.14. The van der Waals surface area contributed by atoms with Gasteiger partial charge in [-0.15, -0.1) is 0 Å². The number of Topliss-reactive ketones (excluding diaryl/α,β-unsaturated/α-hetero) is 1. The van der Waals surface area contributed by atoms with E-state index in [0.717, 1.165) is 0 Å². The number of nitrogens with one attached hydrogen (secondary N) is 2. The minimum Gasteiger partial charge on any atom is -0.369 e. The number of nitrogens with zero attached hydrogens (tertiary/aromatic N) is 2. The molecule has 0 saturated carbocycles. The highest BCUT2D eigenvalue weighted by molar-refractivity contribution is 5.96. The summed E-state index contributed by atoms with van der Waals surface area (Å²) in [6.07, 6.45) is 0. The second-order valence-corrected chi connectivity index (χ2v) is 3.75. The van der Waals surface area contributed by atoms with Crippen molar-refractivity contribution in [3.8, 4) is 0 Å². The lowest BCUT2D eigenvalue weighted by molar-refractivity contribution is 0.0930. The summed E-state index contributed by atoms with van der Waals surface area (Å²) >= 11 is 0. The van der Waals surface area contributed by atoms with E-state index in [1.54, 1.807) is 13.8 Å². The van der Waals surface area contributed by atoms with Crippen LogP contribution in [0.5, 0.6) is 0 Å². The van der Waals surface area contributed by atoms with Gasteiger partial charge in [-0.05, 0) is 0 Å². The Hall–Kier alpha value is -2.18. The number of rotatable bonds is 2. The van der Waals surface area contributed by atoms with Crippen LogP contribution in [0.15, 0.2) is 4.79 Å². The summed E-state index contributed by atoms with van der Waals surface area (Å²) < 4.78 is 0. The van der Waals surface area contributed by atoms with Gasteiger partial charge in [0.05, 0.1) is 0 Å². The Kier molecular flexibility index (Phi) is 2.22. The number of anilines is 1. The van der Waals surface area contributed by atoms with Gasteiger partial charge in [0.15, 0.2) is 17.0 Å². The molecule has 16 heavy (non-hydrogen) atoms. The number of nitrogen functional groups attached to an aromatic ring is 1. The van der Waals surface area contributed by atoms with Gasteiger partial charge in [0, 0.05) is 5.92 Å². The third kappa shape index (κ3) is 1.56. The Labute approximate surface area is 90.1 Å². The summed E-state index contributed by atoms with van der Waals surface area (Å²) in [7, 11) is 0. The molecule has 7 nitrogen and oxygen atoms in total. The van der Waals surface area contributed by atoms with Crippen LogP contribution >= 0.6 is 0 Å². The Morgan fingerprint density at radius 2 is 2.00 bits per heavy atom. The Bertz CT molecular complexity index is 610. The molecule has 7 heteroatoms. The second-order valence-electron chi connectivity index (χ2n) is 3.75. The lowest BCUT2D eigenvalue weighted by Crippen LogP contribution is -2.11. The molecule has 2 rings (SSSR count). The third-order valence-electron chi connectivity index (χ3n) is 2.14. The number of carbonyl (C=O) groups excluding carboxylic acids is 1. The number of aromatic amines is 2. The normalized spacial score (nSPS) is 11.2. The number of ketones is 1. The molecule has 0 aliphatic heterocycles. The number of fused-ring (bicyclic) bond motifs is 1. The van der Waals surface area contributed by atoms with E-state index in [4.69, 9.17) is 5.73 Å². The quantitative estimate of drug-likeness (QED) is 0.620. The van der Waals surface area contributed by atoms with Crippen molar-refractivity contribution in [3.63, 3.8) is 0 Å². The van der Waals surface area contributed by atoms with Crippen LogP contribution in [0.2, 0.25) is 0 Å². The average molecular weight is 221 g/mol. The SMILES string of the molecule is CC(C)C(=O)c1nc2nc(N)[nH]c(=O)c2[nH]1. The smallest absolute Gasteiger partial charge is 0.278 e. The number of aromatic nitrogens is 4. The molecule has 0 aliphatic carbocycles. The maximum atomic E-state index is 11.6. The molecule has 0 atom stereocenters. The number of hydrogen-bond donors (Lipinski definition) is 3. The van der Waals surface area contributed by atoms with Gasteiger partial charge in [-0.25, -0.2) is 4.98 Å². The number of hydrogen-bond acceptors (Lipinski definition) is 5. The molecule has 0 fully saturated rings. The monoisotopic (exact) mass is 221 g/mol. The van der Waals surface area contributed by atoms with Crippen molar-refractivity contribution in [2.45, 2.75) is 13.8 Å². The molecule has 2 heterocycles. The summed E-state index contributed by atoms with van der Waals surface area (Å²) in [4.78, 5) is 35.8. The fraction of sp³-hybridized carbons (Fsp3) is 0.333. The van der Waals surface area contributed by atoms with Crippen molar-refractivity contribution in [1.82, 2.24) is 19.9 Å². The zero-order valence-electron chi connectivity index (χ0n) is 8.87. The number of nitrogens with two attached hydrogens (primary N) is 1. The van der Waals surface area contributed by atoms with Gasteiger partial charge in [-0.3, -0.25) is 14.6 Å². The van der Waals surface area contributed by atoms with Crippen LogP contribution in [0.4, 0.5) is 5.95 Å². The van der Waals surface area contributed by atoms with Gasteiger partial charge in [0.2, 0.25) is 11.7 Å². The molecular weight excluding hydrogens is 210 g/mol. The Morgan fingerprint density at radius 3 is 2.62 bits per heavy atom. The molecule has 0 aliphatic rings. The van der Waals surface area contributed by atoms with E-state index in [0.29, 0.717) is 0 Å². The van der Waals surface area contributed by atoms with Crippen LogP contribution in [0, 0.1) is 5.92 Å². The van der Waals surface area contributed by atoms with E-state index in [2.05, 4.69) is 19.9 Å². The minimum absolute atomic E-state index is 0.0208. The topological polar surface area (TPSA) is 118 Å². The van der Waals surface area contributed by atoms with Crippen molar-refractivity contribution in [2.24, 2.45) is 5.92 Å². The second kappa shape index (κ2) is 3.44. The highest BCUT2D eigenvalue weighted by Crippen LogP contribution is 2.09. The summed E-state index contributed by atoms with van der Waals surface area (Å²) in [5.74, 6) is -0.255. The molecule has 0 amide bonds. The van der Waals surface area contributed by atoms with Crippen LogP contribution in [-0.4, -0.2) is 25.7 Å². The van der Waals surface area contributed by atoms with Crippen molar-refractivity contribution < 1.29 is 4.79 Å². The first-order valence-corrected chi connectivity index (χ1v) is 4.78. The van der Waals surface area contributed by atoms with E-state index in [1.807, 2.05) is 0 Å². The van der Waals surface area contributed by atoms with E-state index in [9.17, 15) is 9.59 Å². The van der Waals surface area contributed by atoms with Crippen LogP contribution in [0.1, 0.15) is 24.5 Å². The molecule has 0 radical (unpaired) electrons. The van der Waals surface area contributed by atoms with Crippen LogP contribution in [-0.2, 0) is 0 Å². The predicted molar refractivity (Wildman–Crippen MR) is 58.1 cm³/mol. The largest absolute Gasteiger partial charge is 0.369 e. The van der Waals surface area contributed by atoms with Crippen molar-refractivity contribution in [3.05, 3.63) is 16.2 Å². The summed E-state index contributed by atoms with van der Waals surface area (Å²) in [6.45, 7) is 3.50. The fourth-order valence-electron chi connectivity index (χ4n) is 1.31. The highest BCUT2D eigenvalue weighted by atomic mass is 16.1. The van der Waals surface area contributed by atoms with Crippen molar-refractivity contribution in [1.29, 1.82) is 0 Å². The van der Waals surface area contributed by atoms with Crippen molar-refractivity contribution in [2.75, 3.05) is 5.73 Å². The Morgan fingerprint density at radius 1 is 1.31 bits per heavy atom. The van der Waals surface area contributed by atoms with E-state index in [1.165, 1.54) is 0 Å². The number of carbonyl (C=O) groups is 1. The van der Waals surface area contributed by atoms with E-state index in [-0.39, 0.29) is 34.6 Å². The van der Waals surface area contributed by atoms with Gasteiger partial charge in [-0.2, -0.15) is 4.98 Å². The maximum Gasteiger partial charge on any atom is 0.278 e. The van der Waals surface area contributed by atoms with Gasteiger partial charge >= 0.3 is 0 Å². The van der Waals surface area contributed by atoms with Gasteiger partial charge < -0.3 is 10.7 Å². The number of H-pyrrole nitrogens is 2. The van der Waals surface area contributed by atoms with Gasteiger partial charge in [0.1, 0.15) is 0 Å². The Balaban J connectivity index is 2.65. The lowest BCUT2D eigenvalue weighted by Gasteiger charge is -1.97. The first kappa shape index (κ1) is 10.3. The first-order chi connectivity index (χ1) is 7.49. The molecule has 0 bridgehead atoms.